The Morgan fingerprint density at radius 1 is 1.20 bits per heavy atom. The van der Waals surface area contributed by atoms with Crippen LogP contribution in [0.2, 0.25) is 0 Å². The van der Waals surface area contributed by atoms with E-state index in [1.807, 2.05) is 0 Å². The van der Waals surface area contributed by atoms with Crippen molar-refractivity contribution in [1.29, 1.82) is 0 Å². The molecule has 0 saturated heterocycles. The minimum atomic E-state index is -0.350. The zero-order valence-electron chi connectivity index (χ0n) is 10.8. The van der Waals surface area contributed by atoms with E-state index in [4.69, 9.17) is 5.11 Å². The summed E-state index contributed by atoms with van der Waals surface area (Å²) < 4.78 is 15.3. The SMILES string of the molecule is O=c1ccn(Cc2cc(F)cc(C#CCCO)c2)cc1. The molecule has 2 rings (SSSR count). The minimum Gasteiger partial charge on any atom is -0.395 e. The summed E-state index contributed by atoms with van der Waals surface area (Å²) in [7, 11) is 0. The highest BCUT2D eigenvalue weighted by Crippen LogP contribution is 2.10. The molecule has 0 amide bonds. The Hall–Kier alpha value is -2.38. The lowest BCUT2D eigenvalue weighted by molar-refractivity contribution is 0.305. The molecule has 1 aromatic heterocycles. The van der Waals surface area contributed by atoms with Crippen LogP contribution in [0.25, 0.3) is 0 Å². The van der Waals surface area contributed by atoms with Crippen molar-refractivity contribution in [2.75, 3.05) is 6.61 Å². The maximum atomic E-state index is 13.5. The third-order valence-electron chi connectivity index (χ3n) is 2.65. The van der Waals surface area contributed by atoms with Gasteiger partial charge in [0, 0.05) is 43.1 Å². The van der Waals surface area contributed by atoms with E-state index in [0.29, 0.717) is 18.5 Å². The second-order valence-electron chi connectivity index (χ2n) is 4.33. The van der Waals surface area contributed by atoms with Gasteiger partial charge in [-0.15, -0.1) is 0 Å². The molecule has 0 aliphatic carbocycles. The van der Waals surface area contributed by atoms with Gasteiger partial charge < -0.3 is 9.67 Å². The number of benzene rings is 1. The molecule has 0 saturated carbocycles. The van der Waals surface area contributed by atoms with Crippen LogP contribution in [-0.4, -0.2) is 16.3 Å². The van der Waals surface area contributed by atoms with E-state index in [2.05, 4.69) is 11.8 Å². The van der Waals surface area contributed by atoms with Crippen molar-refractivity contribution in [2.45, 2.75) is 13.0 Å². The van der Waals surface area contributed by atoms with Crippen molar-refractivity contribution in [1.82, 2.24) is 4.57 Å². The maximum Gasteiger partial charge on any atom is 0.181 e. The summed E-state index contributed by atoms with van der Waals surface area (Å²) in [4.78, 5) is 11.0. The van der Waals surface area contributed by atoms with Crippen LogP contribution in [0.4, 0.5) is 4.39 Å². The average Bonchev–Trinajstić information content (AvgIpc) is 2.41. The van der Waals surface area contributed by atoms with Crippen LogP contribution in [0.15, 0.2) is 47.5 Å². The van der Waals surface area contributed by atoms with Gasteiger partial charge in [0.2, 0.25) is 0 Å². The molecule has 1 aromatic carbocycles. The number of hydrogen-bond donors (Lipinski definition) is 1. The fourth-order valence-electron chi connectivity index (χ4n) is 1.79. The van der Waals surface area contributed by atoms with Gasteiger partial charge in [0.15, 0.2) is 5.43 Å². The predicted molar refractivity (Wildman–Crippen MR) is 74.8 cm³/mol. The Bertz CT molecular complexity index is 690. The molecular weight excluding hydrogens is 257 g/mol. The molecule has 0 bridgehead atoms. The maximum absolute atomic E-state index is 13.5. The van der Waals surface area contributed by atoms with E-state index in [-0.39, 0.29) is 17.9 Å². The van der Waals surface area contributed by atoms with Gasteiger partial charge in [-0.25, -0.2) is 4.39 Å². The number of hydrogen-bond acceptors (Lipinski definition) is 2. The van der Waals surface area contributed by atoms with Crippen LogP contribution in [-0.2, 0) is 6.54 Å². The van der Waals surface area contributed by atoms with E-state index < -0.39 is 0 Å². The number of nitrogens with zero attached hydrogens (tertiary/aromatic N) is 1. The monoisotopic (exact) mass is 271 g/mol. The zero-order chi connectivity index (χ0) is 14.4. The number of halogens is 1. The van der Waals surface area contributed by atoms with Crippen molar-refractivity contribution in [3.8, 4) is 11.8 Å². The van der Waals surface area contributed by atoms with E-state index in [1.54, 1.807) is 23.0 Å². The lowest BCUT2D eigenvalue weighted by Crippen LogP contribution is -2.05. The average molecular weight is 271 g/mol. The second kappa shape index (κ2) is 6.69. The van der Waals surface area contributed by atoms with Crippen molar-refractivity contribution in [3.63, 3.8) is 0 Å². The first kappa shape index (κ1) is 14.0. The van der Waals surface area contributed by atoms with Crippen molar-refractivity contribution in [3.05, 3.63) is 69.9 Å². The lowest BCUT2D eigenvalue weighted by atomic mass is 10.1. The Balaban J connectivity index is 2.22. The van der Waals surface area contributed by atoms with Gasteiger partial charge in [-0.3, -0.25) is 4.79 Å². The summed E-state index contributed by atoms with van der Waals surface area (Å²) >= 11 is 0. The van der Waals surface area contributed by atoms with Crippen molar-refractivity contribution < 1.29 is 9.50 Å². The Morgan fingerprint density at radius 3 is 2.65 bits per heavy atom. The lowest BCUT2D eigenvalue weighted by Gasteiger charge is -2.06. The molecule has 0 unspecified atom stereocenters. The number of aromatic nitrogens is 1. The molecule has 0 atom stereocenters. The second-order valence-corrected chi connectivity index (χ2v) is 4.33. The third-order valence-corrected chi connectivity index (χ3v) is 2.65. The van der Waals surface area contributed by atoms with E-state index >= 15 is 0 Å². The first-order chi connectivity index (χ1) is 9.67. The van der Waals surface area contributed by atoms with Gasteiger partial charge in [0.25, 0.3) is 0 Å². The molecule has 2 aromatic rings. The fraction of sp³-hybridized carbons (Fsp3) is 0.188. The van der Waals surface area contributed by atoms with E-state index in [0.717, 1.165) is 5.56 Å². The molecule has 0 aliphatic heterocycles. The molecule has 0 spiro atoms. The largest absolute Gasteiger partial charge is 0.395 e. The summed E-state index contributed by atoms with van der Waals surface area (Å²) in [6.07, 6.45) is 3.68. The third kappa shape index (κ3) is 4.08. The molecule has 4 heteroatoms. The molecule has 0 radical (unpaired) electrons. The predicted octanol–water partition coefficient (Wildman–Crippen LogP) is 1.77. The van der Waals surface area contributed by atoms with Gasteiger partial charge >= 0.3 is 0 Å². The molecule has 3 nitrogen and oxygen atoms in total. The number of rotatable bonds is 3. The van der Waals surface area contributed by atoms with Crippen molar-refractivity contribution in [2.24, 2.45) is 0 Å². The molecule has 0 fully saturated rings. The van der Waals surface area contributed by atoms with Crippen LogP contribution in [0, 0.1) is 17.7 Å². The number of aliphatic hydroxyl groups excluding tert-OH is 1. The standard InChI is InChI=1S/C16H14FNO2/c17-15-10-13(3-1-2-8-19)9-14(11-15)12-18-6-4-16(20)5-7-18/h4-7,9-11,19H,2,8,12H2. The van der Waals surface area contributed by atoms with E-state index in [9.17, 15) is 9.18 Å². The summed E-state index contributed by atoms with van der Waals surface area (Å²) in [5.74, 6) is 5.22. The zero-order valence-corrected chi connectivity index (χ0v) is 10.8. The van der Waals surface area contributed by atoms with Crippen LogP contribution in [0.3, 0.4) is 0 Å². The van der Waals surface area contributed by atoms with Gasteiger partial charge in [-0.1, -0.05) is 11.8 Å². The minimum absolute atomic E-state index is 0.00737. The summed E-state index contributed by atoms with van der Waals surface area (Å²) in [5.41, 5.74) is 1.28. The van der Waals surface area contributed by atoms with Gasteiger partial charge in [0.05, 0.1) is 6.61 Å². The highest BCUT2D eigenvalue weighted by atomic mass is 19.1. The van der Waals surface area contributed by atoms with Crippen LogP contribution in [0.5, 0.6) is 0 Å². The summed E-state index contributed by atoms with van der Waals surface area (Å²) in [5, 5.41) is 8.67. The molecule has 0 aliphatic rings. The normalized spacial score (nSPS) is 9.90. The molecule has 102 valence electrons. The molecule has 20 heavy (non-hydrogen) atoms. The first-order valence-corrected chi connectivity index (χ1v) is 6.23. The first-order valence-electron chi connectivity index (χ1n) is 6.23. The van der Waals surface area contributed by atoms with Crippen molar-refractivity contribution >= 4 is 0 Å². The molecule has 1 N–H and O–H groups in total. The molecule has 1 heterocycles. The Labute approximate surface area is 116 Å². The Kier molecular flexibility index (Phi) is 4.70. The summed E-state index contributed by atoms with van der Waals surface area (Å²) in [6.45, 7) is 0.458. The fourth-order valence-corrected chi connectivity index (χ4v) is 1.79. The number of aliphatic hydroxyl groups is 1. The topological polar surface area (TPSA) is 42.2 Å². The van der Waals surface area contributed by atoms with Gasteiger partial charge in [0.1, 0.15) is 5.82 Å². The van der Waals surface area contributed by atoms with E-state index in [1.165, 1.54) is 24.3 Å². The van der Waals surface area contributed by atoms with Crippen LogP contribution < -0.4 is 5.43 Å². The molecular formula is C16H14FNO2. The Morgan fingerprint density at radius 2 is 1.95 bits per heavy atom. The highest BCUT2D eigenvalue weighted by molar-refractivity contribution is 5.37. The highest BCUT2D eigenvalue weighted by Gasteiger charge is 2.00. The number of pyridine rings is 1. The van der Waals surface area contributed by atoms with Gasteiger partial charge in [-0.2, -0.15) is 0 Å². The van der Waals surface area contributed by atoms with Gasteiger partial charge in [-0.05, 0) is 23.8 Å². The van der Waals surface area contributed by atoms with Crippen LogP contribution in [0.1, 0.15) is 17.5 Å². The van der Waals surface area contributed by atoms with Crippen LogP contribution >= 0.6 is 0 Å². The smallest absolute Gasteiger partial charge is 0.181 e. The quantitative estimate of drug-likeness (QED) is 0.864. The summed E-state index contributed by atoms with van der Waals surface area (Å²) in [6, 6.07) is 7.52.